The van der Waals surface area contributed by atoms with Crippen molar-refractivity contribution in [3.05, 3.63) is 48.0 Å². The lowest BCUT2D eigenvalue weighted by atomic mass is 10.2. The van der Waals surface area contributed by atoms with Crippen LogP contribution < -0.4 is 15.4 Å². The number of methoxy groups -OCH3 is 1. The first-order chi connectivity index (χ1) is 13.6. The Morgan fingerprint density at radius 3 is 2.89 bits per heavy atom. The standard InChI is InChI=1S/C20H22N6O2/c1-13-6-9-18(28-2)17(10-13)22-19(27)12-21-15-5-3-4-14(11-15)20-23-24-25-26(20)16-7-8-16/h3-6,9-11,16,21H,7-8,12H2,1-2H3,(H,22,27). The Morgan fingerprint density at radius 2 is 2.11 bits per heavy atom. The van der Waals surface area contributed by atoms with Gasteiger partial charge in [0.05, 0.1) is 25.4 Å². The SMILES string of the molecule is COc1ccc(C)cc1NC(=O)CNc1cccc(-c2nnnn2C2CC2)c1. The number of carbonyl (C=O) groups excluding carboxylic acids is 1. The van der Waals surface area contributed by atoms with Gasteiger partial charge < -0.3 is 15.4 Å². The highest BCUT2D eigenvalue weighted by molar-refractivity contribution is 5.95. The molecule has 8 heteroatoms. The van der Waals surface area contributed by atoms with E-state index < -0.39 is 0 Å². The second-order valence-corrected chi connectivity index (χ2v) is 6.86. The summed E-state index contributed by atoms with van der Waals surface area (Å²) in [7, 11) is 1.58. The van der Waals surface area contributed by atoms with E-state index >= 15 is 0 Å². The van der Waals surface area contributed by atoms with Gasteiger partial charge in [0.2, 0.25) is 5.91 Å². The van der Waals surface area contributed by atoms with Crippen molar-refractivity contribution in [2.45, 2.75) is 25.8 Å². The minimum absolute atomic E-state index is 0.133. The number of benzene rings is 2. The summed E-state index contributed by atoms with van der Waals surface area (Å²) in [5, 5.41) is 18.1. The lowest BCUT2D eigenvalue weighted by Crippen LogP contribution is -2.22. The van der Waals surface area contributed by atoms with Gasteiger partial charge in [-0.15, -0.1) is 5.10 Å². The molecule has 1 amide bonds. The van der Waals surface area contributed by atoms with Gasteiger partial charge in [-0.3, -0.25) is 4.79 Å². The van der Waals surface area contributed by atoms with Crippen molar-refractivity contribution in [1.29, 1.82) is 0 Å². The highest BCUT2D eigenvalue weighted by atomic mass is 16.5. The van der Waals surface area contributed by atoms with Crippen molar-refractivity contribution in [3.63, 3.8) is 0 Å². The molecule has 0 spiro atoms. The van der Waals surface area contributed by atoms with Crippen LogP contribution >= 0.6 is 0 Å². The number of nitrogens with zero attached hydrogens (tertiary/aromatic N) is 4. The summed E-state index contributed by atoms with van der Waals surface area (Å²) in [5.41, 5.74) is 3.45. The van der Waals surface area contributed by atoms with Gasteiger partial charge in [0.25, 0.3) is 0 Å². The molecule has 2 aromatic carbocycles. The van der Waals surface area contributed by atoms with Gasteiger partial charge in [-0.05, 0) is 60.0 Å². The van der Waals surface area contributed by atoms with E-state index in [4.69, 9.17) is 4.74 Å². The predicted molar refractivity (Wildman–Crippen MR) is 106 cm³/mol. The number of hydrogen-bond donors (Lipinski definition) is 2. The van der Waals surface area contributed by atoms with Crippen LogP contribution in [0.1, 0.15) is 24.4 Å². The van der Waals surface area contributed by atoms with Crippen molar-refractivity contribution < 1.29 is 9.53 Å². The molecule has 0 unspecified atom stereocenters. The van der Waals surface area contributed by atoms with Crippen LogP contribution in [0.5, 0.6) is 5.75 Å². The average molecular weight is 378 g/mol. The number of aryl methyl sites for hydroxylation is 1. The molecule has 1 fully saturated rings. The summed E-state index contributed by atoms with van der Waals surface area (Å²) in [6, 6.07) is 13.8. The van der Waals surface area contributed by atoms with Crippen LogP contribution in [-0.2, 0) is 4.79 Å². The molecule has 1 aromatic heterocycles. The number of amides is 1. The van der Waals surface area contributed by atoms with E-state index in [1.807, 2.05) is 54.1 Å². The van der Waals surface area contributed by atoms with Gasteiger partial charge in [0.15, 0.2) is 5.82 Å². The van der Waals surface area contributed by atoms with Gasteiger partial charge in [0.1, 0.15) is 5.75 Å². The quantitative estimate of drug-likeness (QED) is 0.656. The molecule has 0 aliphatic heterocycles. The number of carbonyl (C=O) groups is 1. The van der Waals surface area contributed by atoms with Crippen LogP contribution in [-0.4, -0.2) is 39.8 Å². The molecule has 0 bridgehead atoms. The monoisotopic (exact) mass is 378 g/mol. The zero-order valence-electron chi connectivity index (χ0n) is 15.8. The number of hydrogen-bond acceptors (Lipinski definition) is 6. The third kappa shape index (κ3) is 3.95. The average Bonchev–Trinajstić information content (AvgIpc) is 3.43. The molecule has 1 aliphatic rings. The largest absolute Gasteiger partial charge is 0.495 e. The fourth-order valence-corrected chi connectivity index (χ4v) is 3.01. The molecule has 1 aliphatic carbocycles. The van der Waals surface area contributed by atoms with Crippen molar-refractivity contribution in [3.8, 4) is 17.1 Å². The maximum atomic E-state index is 12.4. The second kappa shape index (κ2) is 7.67. The highest BCUT2D eigenvalue weighted by Gasteiger charge is 2.28. The fraction of sp³-hybridized carbons (Fsp3) is 0.300. The molecule has 28 heavy (non-hydrogen) atoms. The van der Waals surface area contributed by atoms with Crippen LogP contribution in [0.25, 0.3) is 11.4 Å². The van der Waals surface area contributed by atoms with Gasteiger partial charge in [0, 0.05) is 11.3 Å². The Hall–Kier alpha value is -3.42. The molecule has 1 heterocycles. The van der Waals surface area contributed by atoms with E-state index in [1.54, 1.807) is 7.11 Å². The Balaban J connectivity index is 1.42. The zero-order valence-corrected chi connectivity index (χ0v) is 15.8. The van der Waals surface area contributed by atoms with Crippen LogP contribution in [0.3, 0.4) is 0 Å². The van der Waals surface area contributed by atoms with Crippen molar-refractivity contribution in [2.24, 2.45) is 0 Å². The van der Waals surface area contributed by atoms with Gasteiger partial charge in [-0.25, -0.2) is 4.68 Å². The summed E-state index contributed by atoms with van der Waals surface area (Å²) in [6.45, 7) is 2.10. The van der Waals surface area contributed by atoms with Crippen LogP contribution in [0.2, 0.25) is 0 Å². The van der Waals surface area contributed by atoms with Gasteiger partial charge >= 0.3 is 0 Å². The first-order valence-electron chi connectivity index (χ1n) is 9.20. The number of rotatable bonds is 7. The van der Waals surface area contributed by atoms with Crippen molar-refractivity contribution >= 4 is 17.3 Å². The predicted octanol–water partition coefficient (Wildman–Crippen LogP) is 3.04. The van der Waals surface area contributed by atoms with E-state index in [9.17, 15) is 4.79 Å². The summed E-state index contributed by atoms with van der Waals surface area (Å²) in [4.78, 5) is 12.4. The number of aromatic nitrogens is 4. The number of tetrazole rings is 1. The molecule has 3 aromatic rings. The number of ether oxygens (including phenoxy) is 1. The smallest absolute Gasteiger partial charge is 0.243 e. The second-order valence-electron chi connectivity index (χ2n) is 6.86. The minimum Gasteiger partial charge on any atom is -0.495 e. The lowest BCUT2D eigenvalue weighted by Gasteiger charge is -2.12. The molecule has 8 nitrogen and oxygen atoms in total. The first-order valence-corrected chi connectivity index (χ1v) is 9.20. The molecular weight excluding hydrogens is 356 g/mol. The molecule has 0 saturated heterocycles. The molecule has 2 N–H and O–H groups in total. The Morgan fingerprint density at radius 1 is 1.25 bits per heavy atom. The Bertz CT molecular complexity index is 996. The molecule has 0 atom stereocenters. The van der Waals surface area contributed by atoms with E-state index in [0.717, 1.165) is 35.5 Å². The molecular formula is C20H22N6O2. The molecule has 144 valence electrons. The van der Waals surface area contributed by atoms with Crippen molar-refractivity contribution in [1.82, 2.24) is 20.2 Å². The normalized spacial score (nSPS) is 13.2. The maximum absolute atomic E-state index is 12.4. The van der Waals surface area contributed by atoms with E-state index in [-0.39, 0.29) is 12.5 Å². The fourth-order valence-electron chi connectivity index (χ4n) is 3.01. The maximum Gasteiger partial charge on any atom is 0.243 e. The van der Waals surface area contributed by atoms with Crippen molar-refractivity contribution in [2.75, 3.05) is 24.3 Å². The lowest BCUT2D eigenvalue weighted by molar-refractivity contribution is -0.114. The summed E-state index contributed by atoms with van der Waals surface area (Å²) in [5.74, 6) is 1.23. The minimum atomic E-state index is -0.155. The Kier molecular flexibility index (Phi) is 4.92. The topological polar surface area (TPSA) is 94.0 Å². The summed E-state index contributed by atoms with van der Waals surface area (Å²) in [6.07, 6.45) is 2.22. The highest BCUT2D eigenvalue weighted by Crippen LogP contribution is 2.36. The van der Waals surface area contributed by atoms with E-state index in [2.05, 4.69) is 26.2 Å². The third-order valence-corrected chi connectivity index (χ3v) is 4.59. The third-order valence-electron chi connectivity index (χ3n) is 4.59. The van der Waals surface area contributed by atoms with Gasteiger partial charge in [-0.1, -0.05) is 18.2 Å². The number of anilines is 2. The number of nitrogens with one attached hydrogen (secondary N) is 2. The molecule has 0 radical (unpaired) electrons. The first kappa shape index (κ1) is 18.0. The van der Waals surface area contributed by atoms with Crippen LogP contribution in [0, 0.1) is 6.92 Å². The summed E-state index contributed by atoms with van der Waals surface area (Å²) < 4.78 is 7.17. The summed E-state index contributed by atoms with van der Waals surface area (Å²) >= 11 is 0. The molecule has 1 saturated carbocycles. The zero-order chi connectivity index (χ0) is 19.5. The molecule has 4 rings (SSSR count). The van der Waals surface area contributed by atoms with E-state index in [0.29, 0.717) is 17.5 Å². The van der Waals surface area contributed by atoms with Gasteiger partial charge in [-0.2, -0.15) is 0 Å². The van der Waals surface area contributed by atoms with E-state index in [1.165, 1.54) is 0 Å². The Labute approximate surface area is 162 Å². The van der Waals surface area contributed by atoms with Crippen LogP contribution in [0.15, 0.2) is 42.5 Å². The van der Waals surface area contributed by atoms with Crippen LogP contribution in [0.4, 0.5) is 11.4 Å².